The van der Waals surface area contributed by atoms with Crippen LogP contribution in [0.1, 0.15) is 48.2 Å². The summed E-state index contributed by atoms with van der Waals surface area (Å²) in [5, 5.41) is 7.47. The van der Waals surface area contributed by atoms with E-state index in [0.29, 0.717) is 22.2 Å². The number of anilines is 1. The molecule has 13 heteroatoms. The average Bonchev–Trinajstić information content (AvgIpc) is 3.60. The number of nitrogens with one attached hydrogen (secondary N) is 1. The van der Waals surface area contributed by atoms with Crippen LogP contribution in [0.15, 0.2) is 72.9 Å². The predicted octanol–water partition coefficient (Wildman–Crippen LogP) is 4.88. The molecule has 6 rings (SSSR count). The Labute approximate surface area is 282 Å². The van der Waals surface area contributed by atoms with Gasteiger partial charge >= 0.3 is 12.1 Å². The van der Waals surface area contributed by atoms with E-state index in [4.69, 9.17) is 4.74 Å². The third kappa shape index (κ3) is 6.12. The van der Waals surface area contributed by atoms with Crippen LogP contribution >= 0.6 is 0 Å². The van der Waals surface area contributed by atoms with Gasteiger partial charge in [0.25, 0.3) is 11.8 Å². The van der Waals surface area contributed by atoms with Gasteiger partial charge in [0.1, 0.15) is 24.0 Å². The molecule has 1 spiro atoms. The van der Waals surface area contributed by atoms with Crippen LogP contribution in [0, 0.1) is 18.7 Å². The maximum absolute atomic E-state index is 14.4. The van der Waals surface area contributed by atoms with E-state index >= 15 is 0 Å². The van der Waals surface area contributed by atoms with Crippen LogP contribution in [-0.4, -0.2) is 81.1 Å². The van der Waals surface area contributed by atoms with E-state index < -0.39 is 35.4 Å². The number of hydrogen-bond donors (Lipinski definition) is 1. The number of carbonyl (C=O) groups is 5. The van der Waals surface area contributed by atoms with E-state index in [2.05, 4.69) is 10.4 Å². The highest BCUT2D eigenvalue weighted by Crippen LogP contribution is 2.41. The van der Waals surface area contributed by atoms with Crippen LogP contribution < -0.4 is 10.2 Å². The molecule has 49 heavy (non-hydrogen) atoms. The first kappa shape index (κ1) is 33.3. The summed E-state index contributed by atoms with van der Waals surface area (Å²) in [5.74, 6) is -2.40. The zero-order valence-electron chi connectivity index (χ0n) is 27.7. The number of halogens is 1. The van der Waals surface area contributed by atoms with Crippen molar-refractivity contribution in [3.8, 4) is 0 Å². The number of urea groups is 1. The van der Waals surface area contributed by atoms with Gasteiger partial charge in [-0.1, -0.05) is 55.8 Å². The van der Waals surface area contributed by atoms with Gasteiger partial charge in [-0.15, -0.1) is 0 Å². The molecule has 1 atom stereocenters. The number of hydrogen-bond acceptors (Lipinski definition) is 7. The van der Waals surface area contributed by atoms with Crippen molar-refractivity contribution < 1.29 is 33.1 Å². The molecule has 12 nitrogen and oxygen atoms in total. The highest BCUT2D eigenvalue weighted by atomic mass is 19.1. The number of rotatable bonds is 7. The average molecular weight is 669 g/mol. The Morgan fingerprint density at radius 2 is 1.71 bits per heavy atom. The monoisotopic (exact) mass is 668 g/mol. The summed E-state index contributed by atoms with van der Waals surface area (Å²) >= 11 is 0. The Balaban J connectivity index is 1.19. The lowest BCUT2D eigenvalue weighted by atomic mass is 9.85. The number of imide groups is 1. The summed E-state index contributed by atoms with van der Waals surface area (Å²) in [7, 11) is 1.43. The molecule has 2 fully saturated rings. The van der Waals surface area contributed by atoms with Gasteiger partial charge in [-0.05, 0) is 61.6 Å². The molecule has 3 aromatic carbocycles. The molecular weight excluding hydrogens is 631 g/mol. The lowest BCUT2D eigenvalue weighted by Crippen LogP contribution is -2.60. The Kier molecular flexibility index (Phi) is 8.93. The number of ether oxygens (including phenoxy) is 1. The van der Waals surface area contributed by atoms with E-state index in [1.54, 1.807) is 49.9 Å². The molecule has 0 bridgehead atoms. The minimum atomic E-state index is -1.25. The maximum Gasteiger partial charge on any atom is 0.435 e. The Morgan fingerprint density at radius 1 is 1.00 bits per heavy atom. The summed E-state index contributed by atoms with van der Waals surface area (Å²) in [5.41, 5.74) is 1.06. The van der Waals surface area contributed by atoms with Gasteiger partial charge in [0.05, 0.1) is 17.3 Å². The normalized spacial score (nSPS) is 16.5. The van der Waals surface area contributed by atoms with Gasteiger partial charge in [-0.3, -0.25) is 24.2 Å². The van der Waals surface area contributed by atoms with Crippen molar-refractivity contribution in [1.29, 1.82) is 0 Å². The molecule has 0 aliphatic carbocycles. The second kappa shape index (κ2) is 13.1. The van der Waals surface area contributed by atoms with Gasteiger partial charge in [0.2, 0.25) is 5.91 Å². The summed E-state index contributed by atoms with van der Waals surface area (Å²) < 4.78 is 21.0. The zero-order valence-corrected chi connectivity index (χ0v) is 27.7. The van der Waals surface area contributed by atoms with Crippen molar-refractivity contribution in [3.63, 3.8) is 0 Å². The van der Waals surface area contributed by atoms with E-state index in [0.717, 1.165) is 15.1 Å². The number of amides is 5. The van der Waals surface area contributed by atoms with Crippen molar-refractivity contribution >= 4 is 46.4 Å². The molecule has 5 amide bonds. The van der Waals surface area contributed by atoms with Crippen molar-refractivity contribution in [2.75, 3.05) is 25.0 Å². The number of carbonyl (C=O) groups excluding carboxylic acids is 5. The van der Waals surface area contributed by atoms with Crippen molar-refractivity contribution in [2.45, 2.75) is 51.8 Å². The number of benzene rings is 3. The molecule has 2 aliphatic heterocycles. The molecule has 0 radical (unpaired) electrons. The van der Waals surface area contributed by atoms with Crippen molar-refractivity contribution in [1.82, 2.24) is 24.9 Å². The topological polar surface area (TPSA) is 134 Å². The van der Waals surface area contributed by atoms with E-state index in [9.17, 15) is 28.4 Å². The SMILES string of the molecule is Cc1ccc(F)c(C(=O)N[C@@H](C(=O)N2CCC3(CC2)C(=O)N(C)C(=O)N3c2ccc3c(cnn3C(=O)OCc3ccccc3)c2)C(C)C)c1. The maximum atomic E-state index is 14.4. The summed E-state index contributed by atoms with van der Waals surface area (Å²) in [4.78, 5) is 71.0. The molecule has 4 aromatic rings. The van der Waals surface area contributed by atoms with Crippen LogP contribution in [0.25, 0.3) is 10.9 Å². The first-order chi connectivity index (χ1) is 23.4. The van der Waals surface area contributed by atoms with E-state index in [1.807, 2.05) is 30.3 Å². The fraction of sp³-hybridized carbons (Fsp3) is 0.333. The van der Waals surface area contributed by atoms with E-state index in [-0.39, 0.29) is 55.8 Å². The standard InChI is InChI=1S/C36H37FN6O6/c1-22(2)30(39-31(44)27-18-23(3)10-12-28(27)37)32(45)41-16-14-36(15-17-41)33(46)40(4)34(47)42(36)26-11-13-29-25(19-26)20-38-43(29)35(48)49-21-24-8-6-5-7-9-24/h5-13,18-20,22,30H,14-17,21H2,1-4H3,(H,39,44)/t30-/m1/s1. The Hall–Kier alpha value is -5.59. The minimum absolute atomic E-state index is 0.0768. The Bertz CT molecular complexity index is 1950. The fourth-order valence-corrected chi connectivity index (χ4v) is 6.55. The van der Waals surface area contributed by atoms with E-state index in [1.165, 1.54) is 30.3 Å². The Morgan fingerprint density at radius 3 is 2.41 bits per heavy atom. The number of nitrogens with zero attached hydrogens (tertiary/aromatic N) is 5. The van der Waals surface area contributed by atoms with Crippen LogP contribution in [0.3, 0.4) is 0 Å². The van der Waals surface area contributed by atoms with Crippen molar-refractivity contribution in [3.05, 3.63) is 95.4 Å². The van der Waals surface area contributed by atoms with Crippen LogP contribution in [0.4, 0.5) is 19.7 Å². The molecule has 0 saturated carbocycles. The quantitative estimate of drug-likeness (QED) is 0.278. The van der Waals surface area contributed by atoms with Gasteiger partial charge in [0, 0.05) is 31.2 Å². The van der Waals surface area contributed by atoms with Gasteiger partial charge < -0.3 is 15.0 Å². The summed E-state index contributed by atoms with van der Waals surface area (Å²) in [6, 6.07) is 17.0. The molecule has 2 saturated heterocycles. The zero-order chi connectivity index (χ0) is 35.0. The second-order valence-corrected chi connectivity index (χ2v) is 12.9. The number of piperidine rings is 1. The molecule has 3 heterocycles. The van der Waals surface area contributed by atoms with Gasteiger partial charge in [-0.2, -0.15) is 9.78 Å². The second-order valence-electron chi connectivity index (χ2n) is 12.9. The van der Waals surface area contributed by atoms with Crippen LogP contribution in [0.5, 0.6) is 0 Å². The third-order valence-electron chi connectivity index (χ3n) is 9.28. The highest BCUT2D eigenvalue weighted by Gasteiger charge is 2.58. The highest BCUT2D eigenvalue weighted by molar-refractivity contribution is 6.17. The third-order valence-corrected chi connectivity index (χ3v) is 9.28. The summed E-state index contributed by atoms with van der Waals surface area (Å²) in [6.45, 7) is 5.69. The fourth-order valence-electron chi connectivity index (χ4n) is 6.55. The minimum Gasteiger partial charge on any atom is -0.443 e. The van der Waals surface area contributed by atoms with Gasteiger partial charge in [-0.25, -0.2) is 14.0 Å². The molecule has 2 aliphatic rings. The first-order valence-corrected chi connectivity index (χ1v) is 16.1. The number of aromatic nitrogens is 2. The number of likely N-dealkylation sites (tertiary alicyclic amines) is 1. The molecule has 1 N–H and O–H groups in total. The largest absolute Gasteiger partial charge is 0.443 e. The molecule has 254 valence electrons. The first-order valence-electron chi connectivity index (χ1n) is 16.1. The molecular formula is C36H37FN6O6. The number of aryl methyl sites for hydroxylation is 1. The molecule has 1 aromatic heterocycles. The van der Waals surface area contributed by atoms with Crippen LogP contribution in [0.2, 0.25) is 0 Å². The van der Waals surface area contributed by atoms with Gasteiger partial charge in [0.15, 0.2) is 0 Å². The predicted molar refractivity (Wildman–Crippen MR) is 178 cm³/mol. The lowest BCUT2D eigenvalue weighted by molar-refractivity contribution is -0.139. The van der Waals surface area contributed by atoms with Crippen LogP contribution in [-0.2, 0) is 20.9 Å². The molecule has 0 unspecified atom stereocenters. The van der Waals surface area contributed by atoms with Crippen molar-refractivity contribution in [2.24, 2.45) is 5.92 Å². The summed E-state index contributed by atoms with van der Waals surface area (Å²) in [6.07, 6.45) is 1.14. The lowest BCUT2D eigenvalue weighted by Gasteiger charge is -2.43. The number of likely N-dealkylation sites (N-methyl/N-ethyl adjacent to an activating group) is 1. The smallest absolute Gasteiger partial charge is 0.435 e. The number of fused-ring (bicyclic) bond motifs is 1.